The molecule has 3 heteroatoms. The average molecular weight is 251 g/mol. The van der Waals surface area contributed by atoms with E-state index < -0.39 is 0 Å². The highest BCUT2D eigenvalue weighted by Crippen LogP contribution is 2.25. The lowest BCUT2D eigenvalue weighted by Gasteiger charge is -2.19. The summed E-state index contributed by atoms with van der Waals surface area (Å²) in [6, 6.07) is 8.47. The normalized spacial score (nSPS) is 11.4. The zero-order chi connectivity index (χ0) is 13.1. The van der Waals surface area contributed by atoms with Gasteiger partial charge in [-0.25, -0.2) is 0 Å². The van der Waals surface area contributed by atoms with Crippen molar-refractivity contribution >= 4 is 17.7 Å². The van der Waals surface area contributed by atoms with Crippen molar-refractivity contribution in [2.24, 2.45) is 0 Å². The summed E-state index contributed by atoms with van der Waals surface area (Å²) in [5.41, 5.74) is 1.50. The maximum absolute atomic E-state index is 11.4. The molecule has 0 aliphatic rings. The summed E-state index contributed by atoms with van der Waals surface area (Å²) in [5, 5.41) is 0. The van der Waals surface area contributed by atoms with Gasteiger partial charge in [-0.05, 0) is 23.1 Å². The predicted molar refractivity (Wildman–Crippen MR) is 74.6 cm³/mol. The quantitative estimate of drug-likeness (QED) is 0.769. The number of hydrogen-bond acceptors (Lipinski definition) is 2. The van der Waals surface area contributed by atoms with Gasteiger partial charge in [0.2, 0.25) is 5.91 Å². The Morgan fingerprint density at radius 1 is 1.18 bits per heavy atom. The number of rotatable bonds is 3. The van der Waals surface area contributed by atoms with E-state index in [1.165, 1.54) is 5.56 Å². The van der Waals surface area contributed by atoms with Crippen LogP contribution in [0.4, 0.5) is 0 Å². The van der Waals surface area contributed by atoms with E-state index >= 15 is 0 Å². The number of nitrogens with zero attached hydrogens (tertiary/aromatic N) is 1. The maximum atomic E-state index is 11.4. The standard InChI is InChI=1S/C14H21NOS/c1-14(2,3)11-6-8-12(9-7-11)17-10-13(16)15(4)5/h6-9H,10H2,1-5H3. The second-order valence-corrected chi connectivity index (χ2v) is 6.40. The summed E-state index contributed by atoms with van der Waals surface area (Å²) >= 11 is 1.58. The molecule has 1 rings (SSSR count). The topological polar surface area (TPSA) is 20.3 Å². The van der Waals surface area contributed by atoms with Gasteiger partial charge in [0, 0.05) is 19.0 Å². The Balaban J connectivity index is 2.61. The van der Waals surface area contributed by atoms with Crippen molar-refractivity contribution in [3.05, 3.63) is 29.8 Å². The summed E-state index contributed by atoms with van der Waals surface area (Å²) in [5.74, 6) is 0.650. The van der Waals surface area contributed by atoms with Crippen LogP contribution in [0.25, 0.3) is 0 Å². The fourth-order valence-corrected chi connectivity index (χ4v) is 2.20. The molecule has 94 valence electrons. The lowest BCUT2D eigenvalue weighted by atomic mass is 9.87. The molecular weight excluding hydrogens is 230 g/mol. The van der Waals surface area contributed by atoms with E-state index in [0.29, 0.717) is 5.75 Å². The van der Waals surface area contributed by atoms with Crippen molar-refractivity contribution in [2.75, 3.05) is 19.8 Å². The molecule has 0 saturated heterocycles. The van der Waals surface area contributed by atoms with Gasteiger partial charge in [0.15, 0.2) is 0 Å². The van der Waals surface area contributed by atoms with Crippen LogP contribution >= 0.6 is 11.8 Å². The molecule has 0 heterocycles. The molecule has 0 spiro atoms. The number of carbonyl (C=O) groups excluding carboxylic acids is 1. The molecule has 0 aliphatic carbocycles. The van der Waals surface area contributed by atoms with Gasteiger partial charge in [0.1, 0.15) is 0 Å². The molecule has 0 aromatic heterocycles. The number of thioether (sulfide) groups is 1. The number of amides is 1. The molecule has 0 fully saturated rings. The van der Waals surface area contributed by atoms with Gasteiger partial charge in [0.25, 0.3) is 0 Å². The zero-order valence-electron chi connectivity index (χ0n) is 11.3. The van der Waals surface area contributed by atoms with Gasteiger partial charge in [-0.2, -0.15) is 0 Å². The number of benzene rings is 1. The first kappa shape index (κ1) is 14.1. The molecule has 0 saturated carbocycles. The lowest BCUT2D eigenvalue weighted by molar-refractivity contribution is -0.125. The predicted octanol–water partition coefficient (Wildman–Crippen LogP) is 3.16. The van der Waals surface area contributed by atoms with Crippen LogP contribution in [-0.4, -0.2) is 30.7 Å². The molecule has 0 N–H and O–H groups in total. The average Bonchev–Trinajstić information content (AvgIpc) is 2.25. The Morgan fingerprint density at radius 3 is 2.12 bits per heavy atom. The minimum Gasteiger partial charge on any atom is -0.348 e. The maximum Gasteiger partial charge on any atom is 0.232 e. The SMILES string of the molecule is CN(C)C(=O)CSc1ccc(C(C)(C)C)cc1. The minimum atomic E-state index is 0.148. The van der Waals surface area contributed by atoms with E-state index in [-0.39, 0.29) is 11.3 Å². The summed E-state index contributed by atoms with van der Waals surface area (Å²) < 4.78 is 0. The van der Waals surface area contributed by atoms with Gasteiger partial charge < -0.3 is 4.90 Å². The molecule has 1 amide bonds. The molecule has 1 aromatic carbocycles. The van der Waals surface area contributed by atoms with Crippen molar-refractivity contribution in [3.8, 4) is 0 Å². The van der Waals surface area contributed by atoms with Gasteiger partial charge >= 0.3 is 0 Å². The van der Waals surface area contributed by atoms with Crippen molar-refractivity contribution < 1.29 is 4.79 Å². The van der Waals surface area contributed by atoms with Crippen LogP contribution in [0.15, 0.2) is 29.2 Å². The second kappa shape index (κ2) is 5.58. The minimum absolute atomic E-state index is 0.148. The van der Waals surface area contributed by atoms with Crippen LogP contribution in [0.2, 0.25) is 0 Å². The van der Waals surface area contributed by atoms with E-state index in [2.05, 4.69) is 45.0 Å². The Hall–Kier alpha value is -0.960. The third-order valence-corrected chi connectivity index (χ3v) is 3.58. The van der Waals surface area contributed by atoms with Gasteiger partial charge in [-0.15, -0.1) is 11.8 Å². The van der Waals surface area contributed by atoms with E-state index in [4.69, 9.17) is 0 Å². The summed E-state index contributed by atoms with van der Waals surface area (Å²) in [6.07, 6.45) is 0. The molecule has 0 radical (unpaired) electrons. The van der Waals surface area contributed by atoms with Crippen LogP contribution in [0, 0.1) is 0 Å². The highest BCUT2D eigenvalue weighted by atomic mass is 32.2. The fourth-order valence-electron chi connectivity index (χ4n) is 1.33. The smallest absolute Gasteiger partial charge is 0.232 e. The van der Waals surface area contributed by atoms with Crippen molar-refractivity contribution in [1.82, 2.24) is 4.90 Å². The van der Waals surface area contributed by atoms with E-state index in [0.717, 1.165) is 4.90 Å². The lowest BCUT2D eigenvalue weighted by Crippen LogP contribution is -2.23. The molecule has 0 unspecified atom stereocenters. The Kier molecular flexibility index (Phi) is 4.63. The van der Waals surface area contributed by atoms with Gasteiger partial charge in [0.05, 0.1) is 5.75 Å². The first-order chi connectivity index (χ1) is 7.80. The second-order valence-electron chi connectivity index (χ2n) is 5.35. The molecule has 0 bridgehead atoms. The van der Waals surface area contributed by atoms with Crippen molar-refractivity contribution in [1.29, 1.82) is 0 Å². The molecule has 17 heavy (non-hydrogen) atoms. The highest BCUT2D eigenvalue weighted by Gasteiger charge is 2.13. The third-order valence-electron chi connectivity index (χ3n) is 2.58. The van der Waals surface area contributed by atoms with E-state index in [1.807, 2.05) is 0 Å². The van der Waals surface area contributed by atoms with E-state index in [9.17, 15) is 4.79 Å². The third kappa shape index (κ3) is 4.43. The van der Waals surface area contributed by atoms with Crippen LogP contribution in [0.5, 0.6) is 0 Å². The Labute approximate surface area is 108 Å². The monoisotopic (exact) mass is 251 g/mol. The Bertz CT molecular complexity index is 376. The van der Waals surface area contributed by atoms with Crippen LogP contribution in [0.1, 0.15) is 26.3 Å². The summed E-state index contributed by atoms with van der Waals surface area (Å²) in [6.45, 7) is 6.60. The van der Waals surface area contributed by atoms with Crippen LogP contribution in [-0.2, 0) is 10.2 Å². The number of hydrogen-bond donors (Lipinski definition) is 0. The highest BCUT2D eigenvalue weighted by molar-refractivity contribution is 8.00. The van der Waals surface area contributed by atoms with Gasteiger partial charge in [-0.3, -0.25) is 4.79 Å². The number of carbonyl (C=O) groups is 1. The summed E-state index contributed by atoms with van der Waals surface area (Å²) in [4.78, 5) is 14.2. The van der Waals surface area contributed by atoms with Crippen molar-refractivity contribution in [3.63, 3.8) is 0 Å². The van der Waals surface area contributed by atoms with Crippen molar-refractivity contribution in [2.45, 2.75) is 31.1 Å². The van der Waals surface area contributed by atoms with E-state index in [1.54, 1.807) is 30.8 Å². The first-order valence-electron chi connectivity index (χ1n) is 5.74. The molecule has 0 atom stereocenters. The first-order valence-corrected chi connectivity index (χ1v) is 6.73. The molecule has 1 aromatic rings. The van der Waals surface area contributed by atoms with Gasteiger partial charge in [-0.1, -0.05) is 32.9 Å². The molecule has 2 nitrogen and oxygen atoms in total. The molecular formula is C14H21NOS. The van der Waals surface area contributed by atoms with Crippen LogP contribution < -0.4 is 0 Å². The Morgan fingerprint density at radius 2 is 1.71 bits per heavy atom. The summed E-state index contributed by atoms with van der Waals surface area (Å²) in [7, 11) is 3.57. The largest absolute Gasteiger partial charge is 0.348 e. The molecule has 0 aliphatic heterocycles. The van der Waals surface area contributed by atoms with Crippen LogP contribution in [0.3, 0.4) is 0 Å². The fraction of sp³-hybridized carbons (Fsp3) is 0.500. The zero-order valence-corrected chi connectivity index (χ0v) is 12.1.